The van der Waals surface area contributed by atoms with Gasteiger partial charge in [0, 0.05) is 19.3 Å². The minimum absolute atomic E-state index is 0.0579. The average Bonchev–Trinajstić information content (AvgIpc) is 2.63. The fourth-order valence-electron chi connectivity index (χ4n) is 2.24. The van der Waals surface area contributed by atoms with Crippen molar-refractivity contribution in [1.29, 1.82) is 0 Å². The maximum atomic E-state index is 12.2. The summed E-state index contributed by atoms with van der Waals surface area (Å²) in [6.45, 7) is -0.583. The van der Waals surface area contributed by atoms with Gasteiger partial charge in [-0.05, 0) is 48.9 Å². The number of ether oxygens (including phenoxy) is 2. The van der Waals surface area contributed by atoms with Gasteiger partial charge >= 0.3 is 18.6 Å². The third kappa shape index (κ3) is 6.25. The van der Waals surface area contributed by atoms with Gasteiger partial charge in [0.15, 0.2) is 0 Å². The standard InChI is InChI=1S/C19H20F2N2O4/c1-3-26-17(24)14-6-8-15(9-7-14)22-19(25)23(2)12-13-4-10-16(11-5-13)27-18(20)21/h4-11,18H,3,12H2,1-2H3,(H,22,25). The van der Waals surface area contributed by atoms with Crippen molar-refractivity contribution in [3.8, 4) is 5.75 Å². The van der Waals surface area contributed by atoms with Gasteiger partial charge in [-0.1, -0.05) is 12.1 Å². The molecule has 0 fully saturated rings. The van der Waals surface area contributed by atoms with Gasteiger partial charge < -0.3 is 19.7 Å². The Morgan fingerprint density at radius 3 is 2.26 bits per heavy atom. The zero-order valence-electron chi connectivity index (χ0n) is 14.9. The second-order valence-electron chi connectivity index (χ2n) is 5.61. The van der Waals surface area contributed by atoms with E-state index in [0.717, 1.165) is 5.56 Å². The molecular formula is C19H20F2N2O4. The minimum atomic E-state index is -2.88. The Kier molecular flexibility index (Phi) is 7.10. The van der Waals surface area contributed by atoms with Crippen molar-refractivity contribution >= 4 is 17.7 Å². The molecule has 0 saturated heterocycles. The Bertz CT molecular complexity index is 764. The number of carbonyl (C=O) groups excluding carboxylic acids is 2. The van der Waals surface area contributed by atoms with Crippen molar-refractivity contribution in [3.63, 3.8) is 0 Å². The Morgan fingerprint density at radius 2 is 1.70 bits per heavy atom. The third-order valence-corrected chi connectivity index (χ3v) is 3.56. The molecular weight excluding hydrogens is 358 g/mol. The second kappa shape index (κ2) is 9.51. The van der Waals surface area contributed by atoms with Crippen LogP contribution in [0.5, 0.6) is 5.75 Å². The fourth-order valence-corrected chi connectivity index (χ4v) is 2.24. The molecule has 0 unspecified atom stereocenters. The van der Waals surface area contributed by atoms with Crippen molar-refractivity contribution in [3.05, 3.63) is 59.7 Å². The Hall–Kier alpha value is -3.16. The maximum Gasteiger partial charge on any atom is 0.387 e. The van der Waals surface area contributed by atoms with E-state index in [2.05, 4.69) is 10.1 Å². The number of urea groups is 1. The highest BCUT2D eigenvalue weighted by Gasteiger charge is 2.11. The van der Waals surface area contributed by atoms with Crippen molar-refractivity contribution in [2.75, 3.05) is 19.0 Å². The molecule has 0 spiro atoms. The minimum Gasteiger partial charge on any atom is -0.462 e. The molecule has 6 nitrogen and oxygen atoms in total. The van der Waals surface area contributed by atoms with Gasteiger partial charge in [-0.2, -0.15) is 8.78 Å². The van der Waals surface area contributed by atoms with Gasteiger partial charge in [-0.25, -0.2) is 9.59 Å². The predicted octanol–water partition coefficient (Wildman–Crippen LogP) is 4.13. The number of halogens is 2. The summed E-state index contributed by atoms with van der Waals surface area (Å²) in [5.74, 6) is -0.366. The maximum absolute atomic E-state index is 12.2. The molecule has 0 aliphatic rings. The van der Waals surface area contributed by atoms with Crippen LogP contribution in [-0.2, 0) is 11.3 Å². The van der Waals surface area contributed by atoms with E-state index in [1.54, 1.807) is 50.4 Å². The smallest absolute Gasteiger partial charge is 0.387 e. The molecule has 0 bridgehead atoms. The normalized spacial score (nSPS) is 10.4. The highest BCUT2D eigenvalue weighted by molar-refractivity contribution is 5.92. The van der Waals surface area contributed by atoms with Crippen LogP contribution in [0.15, 0.2) is 48.5 Å². The van der Waals surface area contributed by atoms with Crippen LogP contribution in [0.1, 0.15) is 22.8 Å². The summed E-state index contributed by atoms with van der Waals surface area (Å²) < 4.78 is 33.5. The number of benzene rings is 2. The highest BCUT2D eigenvalue weighted by atomic mass is 19.3. The van der Waals surface area contributed by atoms with E-state index in [-0.39, 0.29) is 24.9 Å². The number of alkyl halides is 2. The van der Waals surface area contributed by atoms with E-state index in [4.69, 9.17) is 4.74 Å². The zero-order valence-corrected chi connectivity index (χ0v) is 14.9. The van der Waals surface area contributed by atoms with Gasteiger partial charge in [0.25, 0.3) is 0 Å². The molecule has 0 saturated carbocycles. The third-order valence-electron chi connectivity index (χ3n) is 3.56. The molecule has 2 rings (SSSR count). The highest BCUT2D eigenvalue weighted by Crippen LogP contribution is 2.16. The molecule has 1 N–H and O–H groups in total. The molecule has 2 aromatic rings. The molecule has 0 radical (unpaired) electrons. The largest absolute Gasteiger partial charge is 0.462 e. The predicted molar refractivity (Wildman–Crippen MR) is 96.0 cm³/mol. The van der Waals surface area contributed by atoms with Crippen LogP contribution in [-0.4, -0.2) is 37.2 Å². The van der Waals surface area contributed by atoms with Gasteiger partial charge in [-0.3, -0.25) is 0 Å². The van der Waals surface area contributed by atoms with Crippen LogP contribution >= 0.6 is 0 Å². The van der Waals surface area contributed by atoms with Crippen LogP contribution in [0, 0.1) is 0 Å². The lowest BCUT2D eigenvalue weighted by Gasteiger charge is -2.18. The van der Waals surface area contributed by atoms with Crippen molar-refractivity contribution in [1.82, 2.24) is 4.90 Å². The summed E-state index contributed by atoms with van der Waals surface area (Å²) in [5, 5.41) is 2.71. The molecule has 8 heteroatoms. The van der Waals surface area contributed by atoms with Crippen molar-refractivity contribution in [2.45, 2.75) is 20.1 Å². The summed E-state index contributed by atoms with van der Waals surface area (Å²) in [7, 11) is 1.60. The molecule has 27 heavy (non-hydrogen) atoms. The van der Waals surface area contributed by atoms with E-state index in [0.29, 0.717) is 11.3 Å². The van der Waals surface area contributed by atoms with Crippen LogP contribution in [0.2, 0.25) is 0 Å². The summed E-state index contributed by atoms with van der Waals surface area (Å²) >= 11 is 0. The van der Waals surface area contributed by atoms with E-state index in [9.17, 15) is 18.4 Å². The summed E-state index contributed by atoms with van der Waals surface area (Å²) in [4.78, 5) is 25.3. The molecule has 2 amide bonds. The van der Waals surface area contributed by atoms with Crippen LogP contribution in [0.25, 0.3) is 0 Å². The van der Waals surface area contributed by atoms with E-state index >= 15 is 0 Å². The number of hydrogen-bond donors (Lipinski definition) is 1. The van der Waals surface area contributed by atoms with Gasteiger partial charge in [0.2, 0.25) is 0 Å². The average molecular weight is 378 g/mol. The van der Waals surface area contributed by atoms with Gasteiger partial charge in [0.1, 0.15) is 5.75 Å². The lowest BCUT2D eigenvalue weighted by Crippen LogP contribution is -2.30. The van der Waals surface area contributed by atoms with Gasteiger partial charge in [-0.15, -0.1) is 0 Å². The number of carbonyl (C=O) groups is 2. The molecule has 0 aliphatic heterocycles. The fraction of sp³-hybridized carbons (Fsp3) is 0.263. The first-order chi connectivity index (χ1) is 12.9. The Balaban J connectivity index is 1.90. The topological polar surface area (TPSA) is 67.9 Å². The molecule has 0 atom stereocenters. The molecule has 144 valence electrons. The Morgan fingerprint density at radius 1 is 1.07 bits per heavy atom. The number of esters is 1. The molecule has 0 aliphatic carbocycles. The first kappa shape index (κ1) is 20.2. The monoisotopic (exact) mass is 378 g/mol. The van der Waals surface area contributed by atoms with Crippen LogP contribution in [0.4, 0.5) is 19.3 Å². The van der Waals surface area contributed by atoms with Crippen molar-refractivity contribution < 1.29 is 27.8 Å². The van der Waals surface area contributed by atoms with Crippen LogP contribution in [0.3, 0.4) is 0 Å². The zero-order chi connectivity index (χ0) is 19.8. The summed E-state index contributed by atoms with van der Waals surface area (Å²) in [6, 6.07) is 12.0. The van der Waals surface area contributed by atoms with E-state index in [1.165, 1.54) is 17.0 Å². The lowest BCUT2D eigenvalue weighted by molar-refractivity contribution is -0.0498. The number of nitrogens with zero attached hydrogens (tertiary/aromatic N) is 1. The van der Waals surface area contributed by atoms with Gasteiger partial charge in [0.05, 0.1) is 12.2 Å². The molecule has 0 heterocycles. The SMILES string of the molecule is CCOC(=O)c1ccc(NC(=O)N(C)Cc2ccc(OC(F)F)cc2)cc1. The van der Waals surface area contributed by atoms with Crippen molar-refractivity contribution in [2.24, 2.45) is 0 Å². The van der Waals surface area contributed by atoms with E-state index < -0.39 is 12.6 Å². The molecule has 0 aromatic heterocycles. The summed E-state index contributed by atoms with van der Waals surface area (Å²) in [5.41, 5.74) is 1.68. The second-order valence-corrected chi connectivity index (χ2v) is 5.61. The Labute approximate surface area is 155 Å². The van der Waals surface area contributed by atoms with E-state index in [1.807, 2.05) is 0 Å². The molecule has 2 aromatic carbocycles. The number of anilines is 1. The number of rotatable bonds is 7. The van der Waals surface area contributed by atoms with Crippen LogP contribution < -0.4 is 10.1 Å². The summed E-state index contributed by atoms with van der Waals surface area (Å²) in [6.07, 6.45) is 0. The first-order valence-corrected chi connectivity index (χ1v) is 8.22. The lowest BCUT2D eigenvalue weighted by atomic mass is 10.2. The quantitative estimate of drug-likeness (QED) is 0.736. The number of hydrogen-bond acceptors (Lipinski definition) is 4. The number of nitrogens with one attached hydrogen (secondary N) is 1. The first-order valence-electron chi connectivity index (χ1n) is 8.22. The number of amides is 2.